The third-order valence-electron chi connectivity index (χ3n) is 8.49. The van der Waals surface area contributed by atoms with Crippen molar-refractivity contribution >= 4 is 29.8 Å². The molecule has 1 aromatic rings. The van der Waals surface area contributed by atoms with Gasteiger partial charge < -0.3 is 14.5 Å². The van der Waals surface area contributed by atoms with Gasteiger partial charge >= 0.3 is 0 Å². The van der Waals surface area contributed by atoms with Crippen LogP contribution in [-0.4, -0.2) is 103 Å². The van der Waals surface area contributed by atoms with Gasteiger partial charge in [0.05, 0.1) is 12.2 Å². The maximum absolute atomic E-state index is 6.11. The number of hydrogen-bond donors (Lipinski definition) is 0. The SMILES string of the molecule is C=C1CN(Sc2ccc(N(C)C)cc2)CCCN(CC2CCCCC2)CCCN(SN2CCC(OC(C)C)CC2)C1. The van der Waals surface area contributed by atoms with Crippen molar-refractivity contribution in [2.24, 2.45) is 5.92 Å². The fourth-order valence-electron chi connectivity index (χ4n) is 6.38. The Morgan fingerprint density at radius 2 is 1.44 bits per heavy atom. The lowest BCUT2D eigenvalue weighted by Gasteiger charge is -2.36. The minimum atomic E-state index is 0.320. The van der Waals surface area contributed by atoms with Crippen LogP contribution in [0.1, 0.15) is 71.6 Å². The van der Waals surface area contributed by atoms with Gasteiger partial charge in [0.1, 0.15) is 0 Å². The zero-order chi connectivity index (χ0) is 29.0. The van der Waals surface area contributed by atoms with E-state index in [-0.39, 0.29) is 0 Å². The summed E-state index contributed by atoms with van der Waals surface area (Å²) in [7, 11) is 4.21. The van der Waals surface area contributed by atoms with Gasteiger partial charge in [0.15, 0.2) is 0 Å². The summed E-state index contributed by atoms with van der Waals surface area (Å²) in [4.78, 5) is 6.28. The van der Waals surface area contributed by atoms with Crippen molar-refractivity contribution in [2.45, 2.75) is 88.7 Å². The lowest BCUT2D eigenvalue weighted by atomic mass is 9.89. The second-order valence-electron chi connectivity index (χ2n) is 12.9. The molecule has 4 rings (SSSR count). The summed E-state index contributed by atoms with van der Waals surface area (Å²) in [6, 6.07) is 8.99. The highest BCUT2D eigenvalue weighted by molar-refractivity contribution is 7.97. The highest BCUT2D eigenvalue weighted by Gasteiger charge is 2.24. The lowest BCUT2D eigenvalue weighted by molar-refractivity contribution is -0.0162. The fourth-order valence-corrected chi connectivity index (χ4v) is 8.55. The number of ether oxygens (including phenoxy) is 1. The first-order valence-electron chi connectivity index (χ1n) is 16.3. The number of nitrogens with zero attached hydrogens (tertiary/aromatic N) is 5. The van der Waals surface area contributed by atoms with Crippen LogP contribution in [0.15, 0.2) is 41.3 Å². The van der Waals surface area contributed by atoms with Crippen LogP contribution in [0.4, 0.5) is 5.69 Å². The highest BCUT2D eigenvalue weighted by atomic mass is 32.2. The summed E-state index contributed by atoms with van der Waals surface area (Å²) in [5.74, 6) is 0.900. The normalized spacial score (nSPS) is 23.0. The first-order chi connectivity index (χ1) is 19.8. The first-order valence-corrected chi connectivity index (χ1v) is 17.8. The van der Waals surface area contributed by atoms with Crippen LogP contribution in [0.25, 0.3) is 0 Å². The zero-order valence-corrected chi connectivity index (χ0v) is 28.1. The summed E-state index contributed by atoms with van der Waals surface area (Å²) >= 11 is 3.87. The molecule has 1 saturated carbocycles. The van der Waals surface area contributed by atoms with Gasteiger partial charge in [-0.15, -0.1) is 0 Å². The average Bonchev–Trinajstić information content (AvgIpc) is 2.94. The molecule has 0 bridgehead atoms. The first kappa shape index (κ1) is 33.2. The van der Waals surface area contributed by atoms with E-state index < -0.39 is 0 Å². The molecule has 41 heavy (non-hydrogen) atoms. The predicted octanol–water partition coefficient (Wildman–Crippen LogP) is 7.05. The van der Waals surface area contributed by atoms with E-state index in [0.29, 0.717) is 12.2 Å². The van der Waals surface area contributed by atoms with Gasteiger partial charge in [-0.25, -0.2) is 12.9 Å². The predicted molar refractivity (Wildman–Crippen MR) is 180 cm³/mol. The molecule has 0 aromatic heterocycles. The maximum Gasteiger partial charge on any atom is 0.0603 e. The molecule has 2 heterocycles. The third-order valence-corrected chi connectivity index (χ3v) is 10.7. The molecule has 0 radical (unpaired) electrons. The van der Waals surface area contributed by atoms with E-state index in [9.17, 15) is 0 Å². The quantitative estimate of drug-likeness (QED) is 0.219. The van der Waals surface area contributed by atoms with Crippen LogP contribution < -0.4 is 4.90 Å². The van der Waals surface area contributed by atoms with Gasteiger partial charge in [-0.1, -0.05) is 25.8 Å². The van der Waals surface area contributed by atoms with E-state index in [1.807, 2.05) is 24.1 Å². The largest absolute Gasteiger partial charge is 0.378 e. The van der Waals surface area contributed by atoms with Crippen LogP contribution in [0, 0.1) is 5.92 Å². The number of rotatable bonds is 9. The third kappa shape index (κ3) is 12.0. The number of benzene rings is 1. The molecule has 6 nitrogen and oxygen atoms in total. The highest BCUT2D eigenvalue weighted by Crippen LogP contribution is 2.29. The molecule has 0 unspecified atom stereocenters. The average molecular weight is 604 g/mol. The van der Waals surface area contributed by atoms with Crippen molar-refractivity contribution in [2.75, 3.05) is 77.9 Å². The lowest BCUT2D eigenvalue weighted by Crippen LogP contribution is -2.39. The summed E-state index contributed by atoms with van der Waals surface area (Å²) in [6.07, 6.45) is 12.6. The smallest absolute Gasteiger partial charge is 0.0603 e. The Morgan fingerprint density at radius 3 is 2.07 bits per heavy atom. The van der Waals surface area contributed by atoms with Crippen molar-refractivity contribution in [3.05, 3.63) is 36.4 Å². The molecule has 2 saturated heterocycles. The number of hydrogen-bond acceptors (Lipinski definition) is 8. The Labute approximate surface area is 260 Å². The van der Waals surface area contributed by atoms with Crippen molar-refractivity contribution < 1.29 is 4.74 Å². The molecule has 232 valence electrons. The minimum Gasteiger partial charge on any atom is -0.378 e. The fraction of sp³-hybridized carbons (Fsp3) is 0.758. The van der Waals surface area contributed by atoms with Gasteiger partial charge in [0, 0.05) is 82.6 Å². The Kier molecular flexibility index (Phi) is 14.2. The van der Waals surface area contributed by atoms with Crippen molar-refractivity contribution in [3.63, 3.8) is 0 Å². The van der Waals surface area contributed by atoms with Crippen molar-refractivity contribution in [3.8, 4) is 0 Å². The zero-order valence-electron chi connectivity index (χ0n) is 26.4. The summed E-state index contributed by atoms with van der Waals surface area (Å²) in [5.41, 5.74) is 2.56. The standard InChI is InChI=1S/C33H57N5OS2/c1-28(2)39-32-17-23-36(24-18-32)41-38-22-10-20-35(27-30-11-7-6-8-12-30)19-9-21-37(25-29(3)26-38)40-33-15-13-31(14-16-33)34(4)5/h13-16,28,30,32H,3,6-12,17-27H2,1-2,4-5H3. The molecule has 0 amide bonds. The van der Waals surface area contributed by atoms with Gasteiger partial charge in [0.25, 0.3) is 0 Å². The Morgan fingerprint density at radius 1 is 0.805 bits per heavy atom. The van der Waals surface area contributed by atoms with Crippen molar-refractivity contribution in [1.82, 2.24) is 17.8 Å². The molecule has 1 aromatic carbocycles. The Balaban J connectivity index is 1.38. The maximum atomic E-state index is 6.11. The second kappa shape index (κ2) is 17.5. The summed E-state index contributed by atoms with van der Waals surface area (Å²) < 4.78 is 13.8. The van der Waals surface area contributed by atoms with E-state index in [0.717, 1.165) is 58.0 Å². The summed E-state index contributed by atoms with van der Waals surface area (Å²) in [6.45, 7) is 18.9. The Hall–Kier alpha value is -0.740. The summed E-state index contributed by atoms with van der Waals surface area (Å²) in [5, 5.41) is 0. The van der Waals surface area contributed by atoms with Gasteiger partial charge in [-0.05, 0) is 113 Å². The van der Waals surface area contributed by atoms with Crippen molar-refractivity contribution in [1.29, 1.82) is 0 Å². The van der Waals surface area contributed by atoms with Crippen LogP contribution in [0.2, 0.25) is 0 Å². The van der Waals surface area contributed by atoms with Crippen LogP contribution in [0.3, 0.4) is 0 Å². The molecule has 3 aliphatic rings. The van der Waals surface area contributed by atoms with Crippen LogP contribution >= 0.6 is 24.1 Å². The minimum absolute atomic E-state index is 0.320. The molecular weight excluding hydrogens is 547 g/mol. The van der Waals surface area contributed by atoms with E-state index in [1.54, 1.807) is 0 Å². The molecule has 0 spiro atoms. The topological polar surface area (TPSA) is 25.4 Å². The van der Waals surface area contributed by atoms with E-state index in [2.05, 4.69) is 81.5 Å². The number of anilines is 1. The van der Waals surface area contributed by atoms with E-state index >= 15 is 0 Å². The molecule has 2 aliphatic heterocycles. The van der Waals surface area contributed by atoms with Gasteiger partial charge in [-0.2, -0.15) is 0 Å². The molecule has 0 atom stereocenters. The molecule has 0 N–H and O–H groups in total. The Bertz CT molecular complexity index is 884. The molecule has 3 fully saturated rings. The monoisotopic (exact) mass is 603 g/mol. The van der Waals surface area contributed by atoms with Crippen LogP contribution in [0.5, 0.6) is 0 Å². The van der Waals surface area contributed by atoms with E-state index in [1.165, 1.54) is 80.7 Å². The van der Waals surface area contributed by atoms with E-state index in [4.69, 9.17) is 4.74 Å². The molecule has 1 aliphatic carbocycles. The second-order valence-corrected chi connectivity index (χ2v) is 15.2. The van der Waals surface area contributed by atoms with Crippen LogP contribution in [-0.2, 0) is 4.74 Å². The molecule has 8 heteroatoms. The van der Waals surface area contributed by atoms with Gasteiger partial charge in [0.2, 0.25) is 0 Å². The van der Waals surface area contributed by atoms with Gasteiger partial charge in [-0.3, -0.25) is 0 Å². The molecular formula is C33H57N5OS2. The number of piperidine rings is 1.